The maximum Gasteiger partial charge on any atom is 0.261 e. The van der Waals surface area contributed by atoms with Gasteiger partial charge in [-0.3, -0.25) is 9.52 Å². The number of methoxy groups -OCH3 is 1. The van der Waals surface area contributed by atoms with Gasteiger partial charge in [-0.1, -0.05) is 12.1 Å². The van der Waals surface area contributed by atoms with Crippen LogP contribution in [-0.4, -0.2) is 21.4 Å². The maximum absolute atomic E-state index is 12.7. The molecule has 0 aliphatic rings. The van der Waals surface area contributed by atoms with Crippen LogP contribution < -0.4 is 14.8 Å². The molecular weight excluding hydrogens is 388 g/mol. The number of hydrogen-bond donors (Lipinski definition) is 2. The van der Waals surface area contributed by atoms with Crippen LogP contribution in [0, 0.1) is 13.8 Å². The second-order valence-corrected chi connectivity index (χ2v) is 8.31. The number of carbonyl (C=O) groups excluding carboxylic acids is 1. The third-order valence-corrected chi connectivity index (χ3v) is 5.79. The fourth-order valence-electron chi connectivity index (χ4n) is 2.71. The highest BCUT2D eigenvalue weighted by Gasteiger charge is 2.16. The Balaban J connectivity index is 1.73. The van der Waals surface area contributed by atoms with Gasteiger partial charge >= 0.3 is 0 Å². The molecule has 0 bridgehead atoms. The number of sulfonamides is 1. The Morgan fingerprint density at radius 2 is 1.55 bits per heavy atom. The molecule has 1 amide bonds. The van der Waals surface area contributed by atoms with E-state index in [1.165, 1.54) is 12.1 Å². The molecule has 6 nitrogen and oxygen atoms in total. The Morgan fingerprint density at radius 1 is 0.897 bits per heavy atom. The lowest BCUT2D eigenvalue weighted by molar-refractivity contribution is 0.102. The summed E-state index contributed by atoms with van der Waals surface area (Å²) in [5.41, 5.74) is 3.31. The van der Waals surface area contributed by atoms with Gasteiger partial charge in [0.1, 0.15) is 5.75 Å². The normalized spacial score (nSPS) is 11.0. The second kappa shape index (κ2) is 8.36. The molecular formula is C22H22N2O4S. The second-order valence-electron chi connectivity index (χ2n) is 6.63. The zero-order valence-electron chi connectivity index (χ0n) is 16.4. The quantitative estimate of drug-likeness (QED) is 0.632. The monoisotopic (exact) mass is 410 g/mol. The number of benzene rings is 3. The molecule has 3 aromatic carbocycles. The smallest absolute Gasteiger partial charge is 0.261 e. The first kappa shape index (κ1) is 20.4. The van der Waals surface area contributed by atoms with Crippen molar-refractivity contribution in [1.29, 1.82) is 0 Å². The van der Waals surface area contributed by atoms with Crippen LogP contribution in [-0.2, 0) is 10.0 Å². The predicted molar refractivity (Wildman–Crippen MR) is 114 cm³/mol. The molecule has 0 unspecified atom stereocenters. The zero-order chi connectivity index (χ0) is 21.0. The predicted octanol–water partition coefficient (Wildman–Crippen LogP) is 4.37. The van der Waals surface area contributed by atoms with Crippen LogP contribution in [0.1, 0.15) is 21.5 Å². The van der Waals surface area contributed by atoms with Crippen LogP contribution in [0.2, 0.25) is 0 Å². The van der Waals surface area contributed by atoms with Crippen LogP contribution >= 0.6 is 0 Å². The summed E-state index contributed by atoms with van der Waals surface area (Å²) in [5, 5.41) is 2.75. The Kier molecular flexibility index (Phi) is 5.89. The SMILES string of the molecule is COc1ccc(C(=O)Nc2ccc(S(=O)(=O)Nc3cc(C)ccc3C)cc2)cc1. The van der Waals surface area contributed by atoms with Gasteiger partial charge in [0.15, 0.2) is 0 Å². The minimum atomic E-state index is -3.73. The molecule has 0 aromatic heterocycles. The molecule has 7 heteroatoms. The molecule has 150 valence electrons. The lowest BCUT2D eigenvalue weighted by Crippen LogP contribution is -2.15. The number of amides is 1. The van der Waals surface area contributed by atoms with Crippen molar-refractivity contribution in [2.45, 2.75) is 18.7 Å². The summed E-state index contributed by atoms with van der Waals surface area (Å²) in [6.45, 7) is 3.74. The summed E-state index contributed by atoms with van der Waals surface area (Å²) in [5.74, 6) is 0.365. The molecule has 3 aromatic rings. The Hall–Kier alpha value is -3.32. The van der Waals surface area contributed by atoms with Gasteiger partial charge in [-0.05, 0) is 79.6 Å². The average molecular weight is 410 g/mol. The lowest BCUT2D eigenvalue weighted by Gasteiger charge is -2.12. The molecule has 0 fully saturated rings. The first-order valence-corrected chi connectivity index (χ1v) is 10.4. The largest absolute Gasteiger partial charge is 0.497 e. The van der Waals surface area contributed by atoms with E-state index in [2.05, 4.69) is 10.0 Å². The summed E-state index contributed by atoms with van der Waals surface area (Å²) in [6, 6.07) is 18.3. The highest BCUT2D eigenvalue weighted by Crippen LogP contribution is 2.22. The van der Waals surface area contributed by atoms with Gasteiger partial charge < -0.3 is 10.1 Å². The minimum Gasteiger partial charge on any atom is -0.497 e. The molecule has 0 saturated heterocycles. The van der Waals surface area contributed by atoms with Crippen molar-refractivity contribution in [3.63, 3.8) is 0 Å². The molecule has 0 atom stereocenters. The lowest BCUT2D eigenvalue weighted by atomic mass is 10.1. The number of aryl methyl sites for hydroxylation is 2. The molecule has 0 saturated carbocycles. The van der Waals surface area contributed by atoms with Crippen LogP contribution in [0.3, 0.4) is 0 Å². The van der Waals surface area contributed by atoms with Crippen molar-refractivity contribution < 1.29 is 17.9 Å². The minimum absolute atomic E-state index is 0.112. The van der Waals surface area contributed by atoms with E-state index in [9.17, 15) is 13.2 Å². The van der Waals surface area contributed by atoms with Gasteiger partial charge in [0.25, 0.3) is 15.9 Å². The first-order chi connectivity index (χ1) is 13.8. The van der Waals surface area contributed by atoms with Crippen molar-refractivity contribution >= 4 is 27.3 Å². The topological polar surface area (TPSA) is 84.5 Å². The molecule has 0 aliphatic carbocycles. The van der Waals surface area contributed by atoms with E-state index in [1.807, 2.05) is 26.0 Å². The van der Waals surface area contributed by atoms with E-state index in [4.69, 9.17) is 4.74 Å². The van der Waals surface area contributed by atoms with Gasteiger partial charge in [0, 0.05) is 11.3 Å². The first-order valence-electron chi connectivity index (χ1n) is 8.94. The molecule has 0 spiro atoms. The van der Waals surface area contributed by atoms with Crippen molar-refractivity contribution in [3.05, 3.63) is 83.4 Å². The summed E-state index contributed by atoms with van der Waals surface area (Å²) >= 11 is 0. The Labute approximate surface area is 170 Å². The highest BCUT2D eigenvalue weighted by atomic mass is 32.2. The Bertz CT molecular complexity index is 1120. The van der Waals surface area contributed by atoms with Crippen molar-refractivity contribution in [2.75, 3.05) is 17.1 Å². The van der Waals surface area contributed by atoms with Crippen LogP contribution in [0.15, 0.2) is 71.6 Å². The van der Waals surface area contributed by atoms with E-state index in [-0.39, 0.29) is 10.8 Å². The van der Waals surface area contributed by atoms with Crippen LogP contribution in [0.5, 0.6) is 5.75 Å². The van der Waals surface area contributed by atoms with Gasteiger partial charge in [-0.15, -0.1) is 0 Å². The number of anilines is 2. The Morgan fingerprint density at radius 3 is 2.17 bits per heavy atom. The van der Waals surface area contributed by atoms with Gasteiger partial charge in [-0.25, -0.2) is 8.42 Å². The zero-order valence-corrected chi connectivity index (χ0v) is 17.2. The van der Waals surface area contributed by atoms with E-state index < -0.39 is 10.0 Å². The van der Waals surface area contributed by atoms with E-state index in [1.54, 1.807) is 49.6 Å². The van der Waals surface area contributed by atoms with Gasteiger partial charge in [0.05, 0.1) is 17.7 Å². The van der Waals surface area contributed by atoms with Gasteiger partial charge in [-0.2, -0.15) is 0 Å². The van der Waals surface area contributed by atoms with Crippen molar-refractivity contribution in [2.24, 2.45) is 0 Å². The average Bonchev–Trinajstić information content (AvgIpc) is 2.71. The molecule has 0 radical (unpaired) electrons. The van der Waals surface area contributed by atoms with Crippen LogP contribution in [0.4, 0.5) is 11.4 Å². The fraction of sp³-hybridized carbons (Fsp3) is 0.136. The fourth-order valence-corrected chi connectivity index (χ4v) is 3.83. The number of rotatable bonds is 6. The van der Waals surface area contributed by atoms with E-state index >= 15 is 0 Å². The van der Waals surface area contributed by atoms with Gasteiger partial charge in [0.2, 0.25) is 0 Å². The summed E-state index contributed by atoms with van der Waals surface area (Å²) in [7, 11) is -2.18. The molecule has 29 heavy (non-hydrogen) atoms. The molecule has 3 rings (SSSR count). The van der Waals surface area contributed by atoms with E-state index in [0.717, 1.165) is 11.1 Å². The van der Waals surface area contributed by atoms with Crippen LogP contribution in [0.25, 0.3) is 0 Å². The van der Waals surface area contributed by atoms with E-state index in [0.29, 0.717) is 22.7 Å². The summed E-state index contributed by atoms with van der Waals surface area (Å²) in [4.78, 5) is 12.4. The molecule has 0 aliphatic heterocycles. The standard InChI is InChI=1S/C22H22N2O4S/c1-15-4-5-16(2)21(14-15)24-29(26,27)20-12-8-18(9-13-20)23-22(25)17-6-10-19(28-3)11-7-17/h4-14,24H,1-3H3,(H,23,25). The van der Waals surface area contributed by atoms with Crippen molar-refractivity contribution in [1.82, 2.24) is 0 Å². The number of hydrogen-bond acceptors (Lipinski definition) is 4. The third kappa shape index (κ3) is 4.94. The number of ether oxygens (including phenoxy) is 1. The van der Waals surface area contributed by atoms with Crippen molar-refractivity contribution in [3.8, 4) is 5.75 Å². The third-order valence-electron chi connectivity index (χ3n) is 4.41. The summed E-state index contributed by atoms with van der Waals surface area (Å²) in [6.07, 6.45) is 0. The number of nitrogens with one attached hydrogen (secondary N) is 2. The highest BCUT2D eigenvalue weighted by molar-refractivity contribution is 7.92. The maximum atomic E-state index is 12.7. The number of carbonyl (C=O) groups is 1. The molecule has 0 heterocycles. The summed E-state index contributed by atoms with van der Waals surface area (Å²) < 4.78 is 33.0. The molecule has 2 N–H and O–H groups in total.